The molecule has 0 bridgehead atoms. The number of nitrogens with zero attached hydrogens (tertiary/aromatic N) is 3. The third kappa shape index (κ3) is 6.55. The molecule has 0 saturated heterocycles. The molecular formula is C21H19Cl4N5O2S. The van der Waals surface area contributed by atoms with Gasteiger partial charge in [0.05, 0.1) is 32.5 Å². The van der Waals surface area contributed by atoms with Gasteiger partial charge in [0.2, 0.25) is 5.91 Å². The van der Waals surface area contributed by atoms with Gasteiger partial charge in [-0.05, 0) is 50.2 Å². The third-order valence-corrected chi connectivity index (χ3v) is 6.77. The van der Waals surface area contributed by atoms with Crippen molar-refractivity contribution >= 4 is 75.7 Å². The zero-order valence-corrected chi connectivity index (χ0v) is 21.4. The molecule has 2 aromatic carbocycles. The highest BCUT2D eigenvalue weighted by atomic mass is 35.5. The first-order valence-corrected chi connectivity index (χ1v) is 12.3. The minimum atomic E-state index is -0.435. The second-order valence-corrected chi connectivity index (χ2v) is 9.47. The van der Waals surface area contributed by atoms with Crippen LogP contribution in [0.4, 0.5) is 5.69 Å². The van der Waals surface area contributed by atoms with Crippen LogP contribution in [-0.4, -0.2) is 32.3 Å². The lowest BCUT2D eigenvalue weighted by Gasteiger charge is -2.15. The molecule has 1 atom stereocenters. The lowest BCUT2D eigenvalue weighted by molar-refractivity contribution is -0.113. The summed E-state index contributed by atoms with van der Waals surface area (Å²) in [6, 6.07) is 9.06. The zero-order chi connectivity index (χ0) is 24.1. The number of hydrogen-bond donors (Lipinski definition) is 2. The lowest BCUT2D eigenvalue weighted by atomic mass is 10.2. The van der Waals surface area contributed by atoms with Gasteiger partial charge in [0.25, 0.3) is 5.91 Å². The van der Waals surface area contributed by atoms with Crippen LogP contribution in [0.25, 0.3) is 0 Å². The van der Waals surface area contributed by atoms with Gasteiger partial charge in [-0.2, -0.15) is 0 Å². The Morgan fingerprint density at radius 1 is 1.03 bits per heavy atom. The number of anilines is 1. The van der Waals surface area contributed by atoms with E-state index < -0.39 is 6.04 Å². The van der Waals surface area contributed by atoms with Gasteiger partial charge in [-0.3, -0.25) is 9.59 Å². The number of carbonyl (C=O) groups is 2. The summed E-state index contributed by atoms with van der Waals surface area (Å²) in [5, 5.41) is 16.1. The summed E-state index contributed by atoms with van der Waals surface area (Å²) in [4.78, 5) is 24.9. The van der Waals surface area contributed by atoms with E-state index in [9.17, 15) is 9.59 Å². The van der Waals surface area contributed by atoms with Crippen molar-refractivity contribution in [1.29, 1.82) is 0 Å². The van der Waals surface area contributed by atoms with Gasteiger partial charge in [0.15, 0.2) is 11.0 Å². The van der Waals surface area contributed by atoms with E-state index >= 15 is 0 Å². The van der Waals surface area contributed by atoms with Crippen molar-refractivity contribution in [3.8, 4) is 0 Å². The molecule has 0 aliphatic heterocycles. The average molecular weight is 547 g/mol. The van der Waals surface area contributed by atoms with Crippen LogP contribution < -0.4 is 10.6 Å². The van der Waals surface area contributed by atoms with E-state index in [1.54, 1.807) is 37.3 Å². The van der Waals surface area contributed by atoms with Crippen molar-refractivity contribution in [3.05, 3.63) is 67.9 Å². The molecule has 0 spiro atoms. The van der Waals surface area contributed by atoms with Gasteiger partial charge in [-0.1, -0.05) is 58.2 Å². The molecule has 3 aromatic rings. The van der Waals surface area contributed by atoms with Crippen molar-refractivity contribution in [3.63, 3.8) is 0 Å². The summed E-state index contributed by atoms with van der Waals surface area (Å²) in [5.74, 6) is 0.0910. The van der Waals surface area contributed by atoms with Crippen LogP contribution in [-0.2, 0) is 11.3 Å². The number of aromatic nitrogens is 3. The van der Waals surface area contributed by atoms with E-state index in [0.29, 0.717) is 48.9 Å². The van der Waals surface area contributed by atoms with Crippen LogP contribution in [0.5, 0.6) is 0 Å². The lowest BCUT2D eigenvalue weighted by Crippen LogP contribution is -2.28. The molecular weight excluding hydrogens is 528 g/mol. The molecule has 0 saturated carbocycles. The van der Waals surface area contributed by atoms with E-state index in [-0.39, 0.29) is 17.6 Å². The Labute approximate surface area is 215 Å². The third-order valence-electron chi connectivity index (χ3n) is 4.52. The first-order chi connectivity index (χ1) is 15.7. The largest absolute Gasteiger partial charge is 0.342 e. The Bertz CT molecular complexity index is 1190. The second-order valence-electron chi connectivity index (χ2n) is 6.87. The minimum absolute atomic E-state index is 0.0983. The molecule has 0 unspecified atom stereocenters. The van der Waals surface area contributed by atoms with E-state index in [4.69, 9.17) is 46.4 Å². The quantitative estimate of drug-likeness (QED) is 0.331. The maximum absolute atomic E-state index is 12.6. The number of thioether (sulfide) groups is 1. The van der Waals surface area contributed by atoms with Gasteiger partial charge in [0, 0.05) is 17.1 Å². The first kappa shape index (κ1) is 25.6. The Morgan fingerprint density at radius 2 is 1.79 bits per heavy atom. The molecule has 2 N–H and O–H groups in total. The molecule has 33 heavy (non-hydrogen) atoms. The Balaban J connectivity index is 1.64. The maximum Gasteiger partial charge on any atom is 0.251 e. The first-order valence-electron chi connectivity index (χ1n) is 9.76. The molecule has 12 heteroatoms. The van der Waals surface area contributed by atoms with Crippen molar-refractivity contribution < 1.29 is 9.59 Å². The van der Waals surface area contributed by atoms with Crippen LogP contribution >= 0.6 is 58.2 Å². The van der Waals surface area contributed by atoms with Gasteiger partial charge in [-0.15, -0.1) is 10.2 Å². The van der Waals surface area contributed by atoms with Crippen LogP contribution in [0.1, 0.15) is 36.1 Å². The monoisotopic (exact) mass is 545 g/mol. The summed E-state index contributed by atoms with van der Waals surface area (Å²) in [6.45, 7) is 4.29. The Hall–Kier alpha value is -1.97. The zero-order valence-electron chi connectivity index (χ0n) is 17.5. The standard InChI is InChI=1S/C21H19Cl4N5O2S/c1-3-30-19(11(2)26-20(32)12-4-6-14(23)15(24)8-12)28-29-21(30)33-10-18(31)27-17-7-5-13(22)9-16(17)25/h4-9,11H,3,10H2,1-2H3,(H,26,32)(H,27,31)/t11-/m1/s1. The predicted molar refractivity (Wildman–Crippen MR) is 134 cm³/mol. The average Bonchev–Trinajstić information content (AvgIpc) is 3.19. The number of rotatable bonds is 8. The minimum Gasteiger partial charge on any atom is -0.342 e. The maximum atomic E-state index is 12.6. The topological polar surface area (TPSA) is 88.9 Å². The van der Waals surface area contributed by atoms with Gasteiger partial charge < -0.3 is 15.2 Å². The van der Waals surface area contributed by atoms with E-state index in [0.717, 1.165) is 0 Å². The number of carbonyl (C=O) groups excluding carboxylic acids is 2. The highest BCUT2D eigenvalue weighted by Crippen LogP contribution is 2.27. The molecule has 0 aliphatic carbocycles. The van der Waals surface area contributed by atoms with Crippen molar-refractivity contribution in [2.45, 2.75) is 31.6 Å². The fraction of sp³-hybridized carbons (Fsp3) is 0.238. The second kappa shape index (κ2) is 11.4. The Kier molecular flexibility index (Phi) is 8.89. The molecule has 0 fully saturated rings. The van der Waals surface area contributed by atoms with Crippen molar-refractivity contribution in [1.82, 2.24) is 20.1 Å². The summed E-state index contributed by atoms with van der Waals surface area (Å²) in [6.07, 6.45) is 0. The number of benzene rings is 2. The van der Waals surface area contributed by atoms with Crippen LogP contribution in [0.2, 0.25) is 20.1 Å². The summed E-state index contributed by atoms with van der Waals surface area (Å²) in [5.41, 5.74) is 0.855. The number of amides is 2. The van der Waals surface area contributed by atoms with Crippen molar-refractivity contribution in [2.75, 3.05) is 11.1 Å². The summed E-state index contributed by atoms with van der Waals surface area (Å²) < 4.78 is 1.84. The van der Waals surface area contributed by atoms with E-state index in [2.05, 4.69) is 20.8 Å². The van der Waals surface area contributed by atoms with Crippen LogP contribution in [0, 0.1) is 0 Å². The number of hydrogen-bond acceptors (Lipinski definition) is 5. The van der Waals surface area contributed by atoms with Crippen molar-refractivity contribution in [2.24, 2.45) is 0 Å². The van der Waals surface area contributed by atoms with E-state index in [1.807, 2.05) is 11.5 Å². The molecule has 0 aliphatic rings. The SMILES string of the molecule is CCn1c(SCC(=O)Nc2ccc(Cl)cc2Cl)nnc1[C@@H](C)NC(=O)c1ccc(Cl)c(Cl)c1. The van der Waals surface area contributed by atoms with Crippen LogP contribution in [0.3, 0.4) is 0 Å². The molecule has 0 radical (unpaired) electrons. The molecule has 3 rings (SSSR count). The molecule has 1 heterocycles. The fourth-order valence-electron chi connectivity index (χ4n) is 2.91. The smallest absolute Gasteiger partial charge is 0.251 e. The normalized spacial score (nSPS) is 11.8. The predicted octanol–water partition coefficient (Wildman–Crippen LogP) is 6.13. The highest BCUT2D eigenvalue weighted by Gasteiger charge is 2.20. The van der Waals surface area contributed by atoms with Crippen LogP contribution in [0.15, 0.2) is 41.6 Å². The van der Waals surface area contributed by atoms with Gasteiger partial charge in [0.1, 0.15) is 0 Å². The van der Waals surface area contributed by atoms with E-state index in [1.165, 1.54) is 17.8 Å². The molecule has 7 nitrogen and oxygen atoms in total. The summed E-state index contributed by atoms with van der Waals surface area (Å²) >= 11 is 25.1. The molecule has 1 aromatic heterocycles. The van der Waals surface area contributed by atoms with Gasteiger partial charge in [-0.25, -0.2) is 0 Å². The number of halogens is 4. The molecule has 2 amide bonds. The van der Waals surface area contributed by atoms with Gasteiger partial charge >= 0.3 is 0 Å². The highest BCUT2D eigenvalue weighted by molar-refractivity contribution is 7.99. The number of nitrogens with one attached hydrogen (secondary N) is 2. The molecule has 174 valence electrons. The summed E-state index contributed by atoms with van der Waals surface area (Å²) in [7, 11) is 0. The fourth-order valence-corrected chi connectivity index (χ4v) is 4.48. The Morgan fingerprint density at radius 3 is 2.45 bits per heavy atom.